The Hall–Kier alpha value is -2.13. The molecule has 1 aliphatic heterocycles. The molecule has 1 fully saturated rings. The zero-order valence-electron chi connectivity index (χ0n) is 11.3. The van der Waals surface area contributed by atoms with Gasteiger partial charge < -0.3 is 14.6 Å². The number of hydrogen-bond acceptors (Lipinski definition) is 6. The van der Waals surface area contributed by atoms with Gasteiger partial charge in [0.1, 0.15) is 19.1 Å². The van der Waals surface area contributed by atoms with Crippen LogP contribution in [-0.4, -0.2) is 40.2 Å². The molecule has 0 aromatic carbocycles. The van der Waals surface area contributed by atoms with Crippen LogP contribution in [0.4, 0.5) is 0 Å². The van der Waals surface area contributed by atoms with Crippen molar-refractivity contribution in [1.29, 1.82) is 0 Å². The zero-order chi connectivity index (χ0) is 15.4. The van der Waals surface area contributed by atoms with E-state index in [4.69, 9.17) is 15.0 Å². The highest BCUT2D eigenvalue weighted by molar-refractivity contribution is 5.02. The van der Waals surface area contributed by atoms with Crippen LogP contribution < -0.4 is 11.2 Å². The van der Waals surface area contributed by atoms with E-state index in [0.717, 1.165) is 0 Å². The van der Waals surface area contributed by atoms with Crippen molar-refractivity contribution < 1.29 is 14.6 Å². The van der Waals surface area contributed by atoms with Crippen molar-refractivity contribution in [1.82, 2.24) is 9.55 Å². The molecule has 0 aliphatic carbocycles. The number of aliphatic hydroxyl groups is 1. The third-order valence-electron chi connectivity index (χ3n) is 3.23. The Kier molecular flexibility index (Phi) is 4.76. The van der Waals surface area contributed by atoms with Crippen LogP contribution in [0.5, 0.6) is 0 Å². The Balaban J connectivity index is 2.19. The van der Waals surface area contributed by atoms with Crippen molar-refractivity contribution >= 4 is 0 Å². The predicted octanol–water partition coefficient (Wildman–Crippen LogP) is -0.222. The van der Waals surface area contributed by atoms with Gasteiger partial charge in [0.15, 0.2) is 0 Å². The molecule has 1 aliphatic rings. The highest BCUT2D eigenvalue weighted by Crippen LogP contribution is 2.29. The molecule has 1 unspecified atom stereocenters. The number of H-pyrrole nitrogens is 1. The van der Waals surface area contributed by atoms with Gasteiger partial charge in [-0.1, -0.05) is 5.11 Å². The third-order valence-corrected chi connectivity index (χ3v) is 3.23. The summed E-state index contributed by atoms with van der Waals surface area (Å²) < 4.78 is 12.1. The summed E-state index contributed by atoms with van der Waals surface area (Å²) in [5.41, 5.74) is 7.53. The predicted molar refractivity (Wildman–Crippen MR) is 70.6 cm³/mol. The average molecular weight is 297 g/mol. The van der Waals surface area contributed by atoms with Crippen LogP contribution in [0, 0.1) is 6.92 Å². The molecule has 21 heavy (non-hydrogen) atoms. The van der Waals surface area contributed by atoms with Gasteiger partial charge in [0, 0.05) is 23.1 Å². The average Bonchev–Trinajstić information content (AvgIpc) is 2.86. The molecule has 0 saturated carbocycles. The first-order valence-corrected chi connectivity index (χ1v) is 6.27. The number of rotatable bonds is 5. The van der Waals surface area contributed by atoms with E-state index in [9.17, 15) is 14.7 Å². The van der Waals surface area contributed by atoms with Crippen molar-refractivity contribution in [3.63, 3.8) is 0 Å². The van der Waals surface area contributed by atoms with Gasteiger partial charge in [0.05, 0.1) is 12.7 Å². The number of hydrogen-bond donors (Lipinski definition) is 2. The smallest absolute Gasteiger partial charge is 0.330 e. The molecule has 2 N–H and O–H groups in total. The maximum Gasteiger partial charge on any atom is 0.330 e. The second kappa shape index (κ2) is 6.55. The van der Waals surface area contributed by atoms with E-state index in [0.29, 0.717) is 5.56 Å². The molecular formula is C11H15N5O5. The van der Waals surface area contributed by atoms with Crippen LogP contribution in [0.1, 0.15) is 18.2 Å². The number of aromatic nitrogens is 2. The third kappa shape index (κ3) is 3.31. The zero-order valence-corrected chi connectivity index (χ0v) is 11.3. The van der Waals surface area contributed by atoms with Crippen LogP contribution in [-0.2, 0) is 9.47 Å². The number of aryl methyl sites for hydroxylation is 1. The molecule has 0 radical (unpaired) electrons. The van der Waals surface area contributed by atoms with Crippen molar-refractivity contribution in [2.24, 2.45) is 5.11 Å². The summed E-state index contributed by atoms with van der Waals surface area (Å²) in [6.07, 6.45) is -0.123. The van der Waals surface area contributed by atoms with Gasteiger partial charge in [0.2, 0.25) is 0 Å². The van der Waals surface area contributed by atoms with Crippen LogP contribution in [0.15, 0.2) is 20.9 Å². The molecule has 10 nitrogen and oxygen atoms in total. The van der Waals surface area contributed by atoms with E-state index in [-0.39, 0.29) is 19.8 Å². The number of ether oxygens (including phenoxy) is 2. The number of aromatic amines is 1. The first-order valence-electron chi connectivity index (χ1n) is 6.27. The van der Waals surface area contributed by atoms with Crippen LogP contribution in [0.25, 0.3) is 10.4 Å². The maximum atomic E-state index is 11.8. The summed E-state index contributed by atoms with van der Waals surface area (Å²) in [6, 6.07) is 0. The molecule has 2 heterocycles. The molecule has 114 valence electrons. The summed E-state index contributed by atoms with van der Waals surface area (Å²) >= 11 is 0. The highest BCUT2D eigenvalue weighted by atomic mass is 16.6. The fraction of sp³-hybridized carbons (Fsp3) is 0.636. The Morgan fingerprint density at radius 2 is 2.43 bits per heavy atom. The molecular weight excluding hydrogens is 282 g/mol. The molecule has 1 aromatic rings. The van der Waals surface area contributed by atoms with Gasteiger partial charge in [-0.2, -0.15) is 0 Å². The lowest BCUT2D eigenvalue weighted by Gasteiger charge is -2.15. The van der Waals surface area contributed by atoms with E-state index in [1.54, 1.807) is 6.92 Å². The first kappa shape index (κ1) is 15.3. The fourth-order valence-electron chi connectivity index (χ4n) is 2.17. The summed E-state index contributed by atoms with van der Waals surface area (Å²) in [5, 5.41) is 12.5. The van der Waals surface area contributed by atoms with Gasteiger partial charge in [0.25, 0.3) is 5.56 Å². The van der Waals surface area contributed by atoms with Crippen LogP contribution in [0.3, 0.4) is 0 Å². The van der Waals surface area contributed by atoms with Gasteiger partial charge in [-0.3, -0.25) is 14.3 Å². The Labute approximate surface area is 118 Å². The lowest BCUT2D eigenvalue weighted by molar-refractivity contribution is -0.0613. The van der Waals surface area contributed by atoms with Crippen LogP contribution in [0.2, 0.25) is 0 Å². The second-order valence-electron chi connectivity index (χ2n) is 4.59. The summed E-state index contributed by atoms with van der Waals surface area (Å²) in [7, 11) is 0. The molecule has 0 bridgehead atoms. The fourth-order valence-corrected chi connectivity index (χ4v) is 2.17. The molecule has 3 atom stereocenters. The monoisotopic (exact) mass is 297 g/mol. The number of azide groups is 1. The Morgan fingerprint density at radius 1 is 1.67 bits per heavy atom. The normalized spacial score (nSPS) is 24.8. The van der Waals surface area contributed by atoms with Crippen molar-refractivity contribution in [3.05, 3.63) is 43.0 Å². The lowest BCUT2D eigenvalue weighted by atomic mass is 10.2. The molecule has 10 heteroatoms. The number of aliphatic hydroxyl groups excluding tert-OH is 1. The second-order valence-corrected chi connectivity index (χ2v) is 4.59. The minimum Gasteiger partial charge on any atom is -0.394 e. The van der Waals surface area contributed by atoms with Gasteiger partial charge >= 0.3 is 5.69 Å². The summed E-state index contributed by atoms with van der Waals surface area (Å²) in [5.74, 6) is 0. The number of nitrogens with zero attached hydrogens (tertiary/aromatic N) is 4. The molecule has 1 aromatic heterocycles. The SMILES string of the molecule is Cc1cn([C@H]2CC(OCN=[N+]=[N-])[C@@H](CO)O2)c(=O)[nH]c1=O. The van der Waals surface area contributed by atoms with Gasteiger partial charge in [-0.25, -0.2) is 4.79 Å². The molecule has 0 spiro atoms. The molecule has 0 amide bonds. The van der Waals surface area contributed by atoms with E-state index in [1.165, 1.54) is 10.8 Å². The minimum absolute atomic E-state index is 0.187. The van der Waals surface area contributed by atoms with Gasteiger partial charge in [-0.05, 0) is 12.5 Å². The minimum atomic E-state index is -0.665. The van der Waals surface area contributed by atoms with Crippen LogP contribution >= 0.6 is 0 Å². The van der Waals surface area contributed by atoms with E-state index < -0.39 is 29.7 Å². The quantitative estimate of drug-likeness (QED) is 0.438. The summed E-state index contributed by atoms with van der Waals surface area (Å²) in [4.78, 5) is 27.9. The Bertz CT molecular complexity index is 662. The first-order chi connectivity index (χ1) is 10.1. The highest BCUT2D eigenvalue weighted by Gasteiger charge is 2.37. The van der Waals surface area contributed by atoms with Gasteiger partial charge in [-0.15, -0.1) is 0 Å². The number of nitrogens with one attached hydrogen (secondary N) is 1. The topological polar surface area (TPSA) is 142 Å². The maximum absolute atomic E-state index is 11.8. The van der Waals surface area contributed by atoms with E-state index >= 15 is 0 Å². The lowest BCUT2D eigenvalue weighted by Crippen LogP contribution is -2.33. The summed E-state index contributed by atoms with van der Waals surface area (Å²) in [6.45, 7) is 1.09. The largest absolute Gasteiger partial charge is 0.394 e. The molecule has 2 rings (SSSR count). The van der Waals surface area contributed by atoms with Crippen molar-refractivity contribution in [3.8, 4) is 0 Å². The van der Waals surface area contributed by atoms with E-state index in [1.807, 2.05) is 0 Å². The van der Waals surface area contributed by atoms with Crippen molar-refractivity contribution in [2.45, 2.75) is 31.8 Å². The molecule has 1 saturated heterocycles. The standard InChI is InChI=1S/C11H15N5O5/c1-6-3-16(11(19)14-10(6)18)9-2-7(8(4-17)21-9)20-5-13-15-12/h3,7-9,17H,2,4-5H2,1H3,(H,14,18,19)/t7?,8-,9-/m1/s1. The van der Waals surface area contributed by atoms with E-state index in [2.05, 4.69) is 15.0 Å². The van der Waals surface area contributed by atoms with Crippen molar-refractivity contribution in [2.75, 3.05) is 13.3 Å². The Morgan fingerprint density at radius 3 is 3.10 bits per heavy atom.